The maximum absolute atomic E-state index is 12.5. The quantitative estimate of drug-likeness (QED) is 0.845. The van der Waals surface area contributed by atoms with Crippen molar-refractivity contribution in [3.63, 3.8) is 0 Å². The lowest BCUT2D eigenvalue weighted by Gasteiger charge is -2.46. The van der Waals surface area contributed by atoms with E-state index in [0.717, 1.165) is 18.0 Å². The van der Waals surface area contributed by atoms with Crippen LogP contribution in [0.2, 0.25) is 5.02 Å². The third-order valence-corrected chi connectivity index (χ3v) is 6.49. The first kappa shape index (κ1) is 17.7. The number of amides is 2. The number of carbonyl (C=O) groups excluding carboxylic acids is 2. The van der Waals surface area contributed by atoms with E-state index in [1.165, 1.54) is 25.7 Å². The molecule has 4 rings (SSSR count). The van der Waals surface area contributed by atoms with E-state index in [4.69, 9.17) is 11.6 Å². The van der Waals surface area contributed by atoms with Crippen LogP contribution in [0.25, 0.3) is 0 Å². The number of hydrogen-bond acceptors (Lipinski definition) is 3. The summed E-state index contributed by atoms with van der Waals surface area (Å²) in [6, 6.07) is 5.47. The molecule has 1 saturated carbocycles. The predicted molar refractivity (Wildman–Crippen MR) is 102 cm³/mol. The summed E-state index contributed by atoms with van der Waals surface area (Å²) in [6.07, 6.45) is 8.32. The second-order valence-electron chi connectivity index (χ2n) is 7.89. The van der Waals surface area contributed by atoms with Gasteiger partial charge in [0.25, 0.3) is 5.91 Å². The monoisotopic (exact) mass is 375 g/mol. The topological polar surface area (TPSA) is 61.4 Å². The van der Waals surface area contributed by atoms with Gasteiger partial charge in [0, 0.05) is 32.4 Å². The molecule has 2 fully saturated rings. The van der Waals surface area contributed by atoms with Crippen LogP contribution in [0.1, 0.15) is 61.7 Å². The Hall–Kier alpha value is -1.75. The van der Waals surface area contributed by atoms with Crippen molar-refractivity contribution in [2.45, 2.75) is 57.0 Å². The van der Waals surface area contributed by atoms with E-state index in [1.807, 2.05) is 17.0 Å². The lowest BCUT2D eigenvalue weighted by atomic mass is 9.92. The first-order valence-electron chi connectivity index (χ1n) is 9.73. The van der Waals surface area contributed by atoms with E-state index in [9.17, 15) is 9.59 Å². The van der Waals surface area contributed by atoms with Gasteiger partial charge in [-0.1, -0.05) is 43.4 Å². The number of anilines is 1. The normalized spacial score (nSPS) is 22.0. The van der Waals surface area contributed by atoms with Gasteiger partial charge in [-0.2, -0.15) is 0 Å². The summed E-state index contributed by atoms with van der Waals surface area (Å²) in [4.78, 5) is 27.0. The van der Waals surface area contributed by atoms with Crippen LogP contribution in [-0.4, -0.2) is 35.5 Å². The van der Waals surface area contributed by atoms with Crippen molar-refractivity contribution in [3.05, 3.63) is 28.8 Å². The number of nitrogens with zero attached hydrogens (tertiary/aromatic N) is 1. The van der Waals surface area contributed by atoms with Crippen molar-refractivity contribution in [1.29, 1.82) is 0 Å². The van der Waals surface area contributed by atoms with Gasteiger partial charge in [0.05, 0.1) is 16.3 Å². The Balaban J connectivity index is 1.36. The molecule has 1 aliphatic carbocycles. The summed E-state index contributed by atoms with van der Waals surface area (Å²) in [5.74, 6) is 0.873. The molecule has 2 heterocycles. The van der Waals surface area contributed by atoms with Gasteiger partial charge in [-0.05, 0) is 24.5 Å². The van der Waals surface area contributed by atoms with Gasteiger partial charge >= 0.3 is 0 Å². The van der Waals surface area contributed by atoms with Crippen LogP contribution < -0.4 is 10.6 Å². The van der Waals surface area contributed by atoms with Crippen LogP contribution in [0.3, 0.4) is 0 Å². The minimum Gasteiger partial charge on any atom is -0.362 e. The van der Waals surface area contributed by atoms with Crippen LogP contribution >= 0.6 is 11.6 Å². The highest BCUT2D eigenvalue weighted by Crippen LogP contribution is 2.35. The molecule has 2 N–H and O–H groups in total. The minimum absolute atomic E-state index is 0.134. The first-order valence-corrected chi connectivity index (χ1v) is 10.1. The van der Waals surface area contributed by atoms with Crippen molar-refractivity contribution >= 4 is 29.1 Å². The molecule has 1 saturated heterocycles. The molecule has 0 radical (unpaired) electrons. The summed E-state index contributed by atoms with van der Waals surface area (Å²) in [5, 5.41) is 7.02. The number of piperidine rings is 1. The lowest BCUT2D eigenvalue weighted by molar-refractivity contribution is -0.133. The van der Waals surface area contributed by atoms with Gasteiger partial charge in [0.2, 0.25) is 5.91 Å². The second-order valence-corrected chi connectivity index (χ2v) is 8.30. The Labute approximate surface area is 159 Å². The van der Waals surface area contributed by atoms with E-state index >= 15 is 0 Å². The maximum atomic E-state index is 12.5. The number of benzene rings is 1. The number of fused-ring (bicyclic) bond motifs is 1. The third-order valence-electron chi connectivity index (χ3n) is 6.18. The van der Waals surface area contributed by atoms with Crippen LogP contribution in [0.15, 0.2) is 18.2 Å². The van der Waals surface area contributed by atoms with Crippen molar-refractivity contribution in [2.75, 3.05) is 18.4 Å². The van der Waals surface area contributed by atoms with E-state index in [0.29, 0.717) is 42.9 Å². The molecule has 1 spiro atoms. The summed E-state index contributed by atoms with van der Waals surface area (Å²) in [7, 11) is 0. The number of likely N-dealkylation sites (tertiary alicyclic amines) is 1. The summed E-state index contributed by atoms with van der Waals surface area (Å²) >= 11 is 6.16. The van der Waals surface area contributed by atoms with E-state index in [1.54, 1.807) is 6.07 Å². The molecule has 140 valence electrons. The second kappa shape index (κ2) is 7.10. The highest BCUT2D eigenvalue weighted by molar-refractivity contribution is 6.34. The molecular weight excluding hydrogens is 350 g/mol. The number of rotatable bonds is 3. The molecule has 0 atom stereocenters. The molecule has 5 nitrogen and oxygen atoms in total. The molecule has 3 aliphatic rings. The maximum Gasteiger partial charge on any atom is 0.256 e. The molecular formula is C20H26ClN3O2. The summed E-state index contributed by atoms with van der Waals surface area (Å²) in [6.45, 7) is 1.35. The van der Waals surface area contributed by atoms with Gasteiger partial charge in [-0.15, -0.1) is 0 Å². The number of hydrogen-bond donors (Lipinski definition) is 2. The molecule has 26 heavy (non-hydrogen) atoms. The van der Waals surface area contributed by atoms with Crippen molar-refractivity contribution in [2.24, 2.45) is 5.92 Å². The standard InChI is InChI=1S/C20H26ClN3O2/c21-15-6-3-7-16-18(15)19(26)23-20(22-16)10-12-24(13-11-20)17(25)9-8-14-4-1-2-5-14/h3,6-7,14,22H,1-2,4-5,8-13H2,(H,23,26). The molecule has 2 amide bonds. The third kappa shape index (κ3) is 3.41. The van der Waals surface area contributed by atoms with Gasteiger partial charge in [0.1, 0.15) is 5.66 Å². The number of carbonyl (C=O) groups is 2. The number of halogens is 1. The van der Waals surface area contributed by atoms with Gasteiger partial charge in [0.15, 0.2) is 0 Å². The lowest BCUT2D eigenvalue weighted by Crippen LogP contribution is -2.62. The zero-order valence-electron chi connectivity index (χ0n) is 15.0. The fourth-order valence-corrected chi connectivity index (χ4v) is 4.86. The highest BCUT2D eigenvalue weighted by atomic mass is 35.5. The molecule has 6 heteroatoms. The van der Waals surface area contributed by atoms with E-state index in [-0.39, 0.29) is 11.8 Å². The largest absolute Gasteiger partial charge is 0.362 e. The Kier molecular flexibility index (Phi) is 4.82. The molecule has 0 unspecified atom stereocenters. The van der Waals surface area contributed by atoms with E-state index < -0.39 is 5.66 Å². The Morgan fingerprint density at radius 3 is 2.65 bits per heavy atom. The average Bonchev–Trinajstić information content (AvgIpc) is 3.13. The van der Waals surface area contributed by atoms with Crippen LogP contribution in [-0.2, 0) is 4.79 Å². The number of nitrogens with one attached hydrogen (secondary N) is 2. The Bertz CT molecular complexity index is 707. The zero-order chi connectivity index (χ0) is 18.1. The minimum atomic E-state index is -0.475. The molecule has 2 aliphatic heterocycles. The smallest absolute Gasteiger partial charge is 0.256 e. The van der Waals surface area contributed by atoms with Crippen LogP contribution in [0, 0.1) is 5.92 Å². The summed E-state index contributed by atoms with van der Waals surface area (Å²) < 4.78 is 0. The Morgan fingerprint density at radius 1 is 1.19 bits per heavy atom. The van der Waals surface area contributed by atoms with Crippen LogP contribution in [0.5, 0.6) is 0 Å². The van der Waals surface area contributed by atoms with E-state index in [2.05, 4.69) is 10.6 Å². The fraction of sp³-hybridized carbons (Fsp3) is 0.600. The fourth-order valence-electron chi connectivity index (χ4n) is 4.60. The van der Waals surface area contributed by atoms with Gasteiger partial charge in [-0.3, -0.25) is 9.59 Å². The Morgan fingerprint density at radius 2 is 1.92 bits per heavy atom. The van der Waals surface area contributed by atoms with Crippen LogP contribution in [0.4, 0.5) is 5.69 Å². The molecule has 1 aromatic carbocycles. The highest BCUT2D eigenvalue weighted by Gasteiger charge is 2.41. The van der Waals surface area contributed by atoms with Crippen molar-refractivity contribution in [3.8, 4) is 0 Å². The SMILES string of the molecule is O=C1NC2(CCN(C(=O)CCC3CCCC3)CC2)Nc2cccc(Cl)c21. The predicted octanol–water partition coefficient (Wildman–Crippen LogP) is 3.78. The summed E-state index contributed by atoms with van der Waals surface area (Å²) in [5.41, 5.74) is 0.814. The molecule has 0 aromatic heterocycles. The van der Waals surface area contributed by atoms with Crippen molar-refractivity contribution in [1.82, 2.24) is 10.2 Å². The average molecular weight is 376 g/mol. The molecule has 0 bridgehead atoms. The zero-order valence-corrected chi connectivity index (χ0v) is 15.8. The van der Waals surface area contributed by atoms with Crippen molar-refractivity contribution < 1.29 is 9.59 Å². The van der Waals surface area contributed by atoms with Gasteiger partial charge in [-0.25, -0.2) is 0 Å². The molecule has 1 aromatic rings. The van der Waals surface area contributed by atoms with Gasteiger partial charge < -0.3 is 15.5 Å². The first-order chi connectivity index (χ1) is 12.6.